The lowest BCUT2D eigenvalue weighted by Crippen LogP contribution is -2.13. The second-order valence-electron chi connectivity index (χ2n) is 2.69. The van der Waals surface area contributed by atoms with Crippen molar-refractivity contribution < 1.29 is 9.53 Å². The molecule has 0 radical (unpaired) electrons. The number of amides is 1. The fraction of sp³-hybridized carbons (Fsp3) is 0.182. The second-order valence-corrected chi connectivity index (χ2v) is 2.69. The fourth-order valence-corrected chi connectivity index (χ4v) is 1.05. The monoisotopic (exact) mass is 191 g/mol. The highest BCUT2D eigenvalue weighted by Crippen LogP contribution is 2.18. The van der Waals surface area contributed by atoms with Gasteiger partial charge in [0.1, 0.15) is 5.75 Å². The van der Waals surface area contributed by atoms with Gasteiger partial charge in [-0.25, -0.2) is 0 Å². The van der Waals surface area contributed by atoms with Crippen molar-refractivity contribution in [2.45, 2.75) is 0 Å². The van der Waals surface area contributed by atoms with Crippen LogP contribution in [0.2, 0.25) is 0 Å². The van der Waals surface area contributed by atoms with Crippen molar-refractivity contribution in [3.05, 3.63) is 35.9 Å². The zero-order valence-electron chi connectivity index (χ0n) is 8.28. The summed E-state index contributed by atoms with van der Waals surface area (Å²) in [5, 5.41) is 2.51. The van der Waals surface area contributed by atoms with Crippen LogP contribution in [0.15, 0.2) is 30.3 Å². The number of methoxy groups -OCH3 is 1. The van der Waals surface area contributed by atoms with Gasteiger partial charge < -0.3 is 10.1 Å². The molecule has 1 N–H and O–H groups in total. The first-order valence-corrected chi connectivity index (χ1v) is 4.30. The maximum absolute atomic E-state index is 10.9. The molecule has 1 aromatic rings. The first-order valence-electron chi connectivity index (χ1n) is 4.30. The molecule has 0 aliphatic carbocycles. The number of nitrogens with one attached hydrogen (secondary N) is 1. The van der Waals surface area contributed by atoms with Crippen LogP contribution in [0.25, 0.3) is 6.08 Å². The van der Waals surface area contributed by atoms with Crippen LogP contribution in [0.1, 0.15) is 5.56 Å². The molecular weight excluding hydrogens is 178 g/mol. The minimum absolute atomic E-state index is 0.129. The Morgan fingerprint density at radius 2 is 2.14 bits per heavy atom. The van der Waals surface area contributed by atoms with E-state index in [4.69, 9.17) is 4.74 Å². The zero-order chi connectivity index (χ0) is 10.4. The maximum Gasteiger partial charge on any atom is 0.243 e. The molecule has 0 heterocycles. The normalized spacial score (nSPS) is 10.1. The van der Waals surface area contributed by atoms with Gasteiger partial charge in [-0.2, -0.15) is 0 Å². The number of para-hydroxylation sites is 1. The Morgan fingerprint density at radius 1 is 1.43 bits per heavy atom. The van der Waals surface area contributed by atoms with E-state index in [0.717, 1.165) is 11.3 Å². The molecule has 74 valence electrons. The molecule has 0 aliphatic heterocycles. The third-order valence-corrected chi connectivity index (χ3v) is 1.80. The van der Waals surface area contributed by atoms with E-state index in [1.807, 2.05) is 24.3 Å². The summed E-state index contributed by atoms with van der Waals surface area (Å²) in [4.78, 5) is 10.9. The molecule has 1 aromatic carbocycles. The number of ether oxygens (including phenoxy) is 1. The smallest absolute Gasteiger partial charge is 0.243 e. The van der Waals surface area contributed by atoms with E-state index >= 15 is 0 Å². The summed E-state index contributed by atoms with van der Waals surface area (Å²) in [5.74, 6) is 0.628. The Morgan fingerprint density at radius 3 is 2.79 bits per heavy atom. The fourth-order valence-electron chi connectivity index (χ4n) is 1.05. The van der Waals surface area contributed by atoms with Gasteiger partial charge in [-0.15, -0.1) is 0 Å². The van der Waals surface area contributed by atoms with E-state index in [-0.39, 0.29) is 5.91 Å². The lowest BCUT2D eigenvalue weighted by atomic mass is 10.2. The predicted molar refractivity (Wildman–Crippen MR) is 56.1 cm³/mol. The van der Waals surface area contributed by atoms with Crippen LogP contribution in [-0.4, -0.2) is 20.1 Å². The number of carbonyl (C=O) groups is 1. The van der Waals surface area contributed by atoms with Crippen molar-refractivity contribution in [3.63, 3.8) is 0 Å². The highest BCUT2D eigenvalue weighted by molar-refractivity contribution is 5.91. The Kier molecular flexibility index (Phi) is 3.73. The van der Waals surface area contributed by atoms with E-state index in [1.165, 1.54) is 6.08 Å². The molecule has 3 heteroatoms. The highest BCUT2D eigenvalue weighted by Gasteiger charge is 1.97. The van der Waals surface area contributed by atoms with Crippen molar-refractivity contribution in [2.75, 3.05) is 14.2 Å². The van der Waals surface area contributed by atoms with Gasteiger partial charge in [0.25, 0.3) is 0 Å². The number of benzene rings is 1. The quantitative estimate of drug-likeness (QED) is 0.734. The van der Waals surface area contributed by atoms with Crippen molar-refractivity contribution in [1.82, 2.24) is 5.32 Å². The first-order chi connectivity index (χ1) is 6.77. The molecule has 0 saturated heterocycles. The van der Waals surface area contributed by atoms with Crippen molar-refractivity contribution in [1.29, 1.82) is 0 Å². The van der Waals surface area contributed by atoms with Crippen molar-refractivity contribution in [2.24, 2.45) is 0 Å². The number of rotatable bonds is 3. The van der Waals surface area contributed by atoms with Crippen LogP contribution in [0.4, 0.5) is 0 Å². The second kappa shape index (κ2) is 5.07. The zero-order valence-corrected chi connectivity index (χ0v) is 8.28. The SMILES string of the molecule is CNC(=O)/C=C\c1ccccc1OC. The molecule has 1 amide bonds. The molecule has 0 aliphatic rings. The van der Waals surface area contributed by atoms with Gasteiger partial charge in [-0.05, 0) is 12.1 Å². The number of hydrogen-bond acceptors (Lipinski definition) is 2. The topological polar surface area (TPSA) is 38.3 Å². The van der Waals surface area contributed by atoms with Crippen LogP contribution in [0.3, 0.4) is 0 Å². The molecule has 0 spiro atoms. The van der Waals surface area contributed by atoms with Crippen LogP contribution in [0.5, 0.6) is 5.75 Å². The lowest BCUT2D eigenvalue weighted by molar-refractivity contribution is -0.115. The Balaban J connectivity index is 2.85. The largest absolute Gasteiger partial charge is 0.496 e. The summed E-state index contributed by atoms with van der Waals surface area (Å²) < 4.78 is 5.13. The molecule has 0 saturated carbocycles. The third kappa shape index (κ3) is 2.62. The van der Waals surface area contributed by atoms with E-state index in [2.05, 4.69) is 5.32 Å². The van der Waals surface area contributed by atoms with Crippen LogP contribution in [0, 0.1) is 0 Å². The summed E-state index contributed by atoms with van der Waals surface area (Å²) in [6.45, 7) is 0. The van der Waals surface area contributed by atoms with Crippen molar-refractivity contribution >= 4 is 12.0 Å². The number of hydrogen-bond donors (Lipinski definition) is 1. The molecule has 0 aromatic heterocycles. The van der Waals surface area contributed by atoms with Crippen LogP contribution < -0.4 is 10.1 Å². The van der Waals surface area contributed by atoms with E-state index in [9.17, 15) is 4.79 Å². The third-order valence-electron chi connectivity index (χ3n) is 1.80. The predicted octanol–water partition coefficient (Wildman–Crippen LogP) is 1.45. The minimum Gasteiger partial charge on any atom is -0.496 e. The molecule has 0 bridgehead atoms. The van der Waals surface area contributed by atoms with Gasteiger partial charge in [0.05, 0.1) is 7.11 Å². The average Bonchev–Trinajstić information content (AvgIpc) is 2.26. The summed E-state index contributed by atoms with van der Waals surface area (Å²) >= 11 is 0. The molecule has 0 atom stereocenters. The summed E-state index contributed by atoms with van der Waals surface area (Å²) in [5.41, 5.74) is 0.888. The number of carbonyl (C=O) groups excluding carboxylic acids is 1. The molecular formula is C11H13NO2. The Bertz CT molecular complexity index is 345. The van der Waals surface area contributed by atoms with Gasteiger partial charge in [-0.1, -0.05) is 18.2 Å². The molecule has 14 heavy (non-hydrogen) atoms. The molecule has 0 unspecified atom stereocenters. The van der Waals surface area contributed by atoms with Gasteiger partial charge in [0, 0.05) is 18.7 Å². The Labute approximate surface area is 83.4 Å². The maximum atomic E-state index is 10.9. The first kappa shape index (κ1) is 10.3. The lowest BCUT2D eigenvalue weighted by Gasteiger charge is -2.02. The van der Waals surface area contributed by atoms with Crippen LogP contribution >= 0.6 is 0 Å². The minimum atomic E-state index is -0.129. The summed E-state index contributed by atoms with van der Waals surface area (Å²) in [6.07, 6.45) is 3.19. The van der Waals surface area contributed by atoms with E-state index in [0.29, 0.717) is 0 Å². The summed E-state index contributed by atoms with van der Waals surface area (Å²) in [7, 11) is 3.20. The van der Waals surface area contributed by atoms with Crippen LogP contribution in [-0.2, 0) is 4.79 Å². The Hall–Kier alpha value is -1.77. The number of likely N-dealkylation sites (N-methyl/N-ethyl adjacent to an activating group) is 1. The molecule has 3 nitrogen and oxygen atoms in total. The molecule has 1 rings (SSSR count). The van der Waals surface area contributed by atoms with Gasteiger partial charge in [0.15, 0.2) is 0 Å². The van der Waals surface area contributed by atoms with Gasteiger partial charge in [-0.3, -0.25) is 4.79 Å². The van der Waals surface area contributed by atoms with Crippen molar-refractivity contribution in [3.8, 4) is 5.75 Å². The standard InChI is InChI=1S/C11H13NO2/c1-12-11(13)8-7-9-5-3-4-6-10(9)14-2/h3-8H,1-2H3,(H,12,13)/b8-7-. The van der Waals surface area contributed by atoms with E-state index < -0.39 is 0 Å². The highest BCUT2D eigenvalue weighted by atomic mass is 16.5. The van der Waals surface area contributed by atoms with Gasteiger partial charge in [0.2, 0.25) is 5.91 Å². The summed E-state index contributed by atoms with van der Waals surface area (Å²) in [6, 6.07) is 7.52. The van der Waals surface area contributed by atoms with E-state index in [1.54, 1.807) is 20.2 Å². The average molecular weight is 191 g/mol. The van der Waals surface area contributed by atoms with Gasteiger partial charge >= 0.3 is 0 Å². The molecule has 0 fully saturated rings.